The molecule has 0 saturated carbocycles. The van der Waals surface area contributed by atoms with E-state index in [1.165, 1.54) is 31.4 Å². The maximum Gasteiger partial charge on any atom is 0.333 e. The van der Waals surface area contributed by atoms with Gasteiger partial charge in [-0.05, 0) is 36.9 Å². The number of hydrogen-bond donors (Lipinski definition) is 4. The number of nitrogens with zero attached hydrogens (tertiary/aromatic N) is 1. The zero-order valence-electron chi connectivity index (χ0n) is 19.9. The Morgan fingerprint density at radius 2 is 1.92 bits per heavy atom. The number of Topliss-reactive ketones (excluding diaryl/α,β-unsaturated/α-hetero) is 1. The molecule has 0 aliphatic heterocycles. The molecule has 0 saturated heterocycles. The summed E-state index contributed by atoms with van der Waals surface area (Å²) in [5.74, 6) is -2.97. The summed E-state index contributed by atoms with van der Waals surface area (Å²) < 4.78 is 33.9. The number of nitrogens with one attached hydrogen (secondary N) is 3. The van der Waals surface area contributed by atoms with Crippen LogP contribution in [0.25, 0.3) is 11.0 Å². The summed E-state index contributed by atoms with van der Waals surface area (Å²) in [6.07, 6.45) is 1.30. The maximum absolute atomic E-state index is 14.1. The predicted octanol–water partition coefficient (Wildman–Crippen LogP) is 2.15. The van der Waals surface area contributed by atoms with Gasteiger partial charge in [0.1, 0.15) is 35.6 Å². The molecule has 198 valence electrons. The molecule has 0 fully saturated rings. The Morgan fingerprint density at radius 1 is 1.16 bits per heavy atom. The molecule has 0 aliphatic rings. The van der Waals surface area contributed by atoms with Gasteiger partial charge in [-0.2, -0.15) is 0 Å². The molecule has 4 aromatic rings. The van der Waals surface area contributed by atoms with Gasteiger partial charge in [0, 0.05) is 35.4 Å². The molecule has 38 heavy (non-hydrogen) atoms. The van der Waals surface area contributed by atoms with Crippen LogP contribution in [-0.2, 0) is 13.0 Å². The number of aliphatic hydroxyl groups is 1. The number of aliphatic hydroxyl groups excluding tert-OH is 1. The number of aromatic amines is 2. The lowest BCUT2D eigenvalue weighted by atomic mass is 10.00. The van der Waals surface area contributed by atoms with Crippen LogP contribution >= 0.6 is 11.6 Å². The summed E-state index contributed by atoms with van der Waals surface area (Å²) in [6, 6.07) is 5.87. The fourth-order valence-electron chi connectivity index (χ4n) is 3.97. The molecule has 10 nitrogen and oxygen atoms in total. The number of carbonyl (C=O) groups excluding carboxylic acids is 2. The van der Waals surface area contributed by atoms with Gasteiger partial charge in [0.05, 0.1) is 17.6 Å². The molecule has 13 heteroatoms. The highest BCUT2D eigenvalue weighted by molar-refractivity contribution is 6.32. The molecule has 2 heterocycles. The van der Waals surface area contributed by atoms with Crippen LogP contribution in [-0.4, -0.2) is 51.5 Å². The highest BCUT2D eigenvalue weighted by Crippen LogP contribution is 2.30. The van der Waals surface area contributed by atoms with Crippen molar-refractivity contribution in [2.75, 3.05) is 20.2 Å². The van der Waals surface area contributed by atoms with E-state index in [9.17, 15) is 33.1 Å². The number of ether oxygens (including phenoxy) is 1. The Bertz CT molecular complexity index is 1680. The van der Waals surface area contributed by atoms with Gasteiger partial charge in [0.25, 0.3) is 5.56 Å². The van der Waals surface area contributed by atoms with Crippen LogP contribution < -0.4 is 21.3 Å². The maximum atomic E-state index is 14.1. The zero-order valence-corrected chi connectivity index (χ0v) is 20.6. The van der Waals surface area contributed by atoms with Crippen molar-refractivity contribution in [3.05, 3.63) is 96.3 Å². The number of imidazole rings is 1. The SMILES string of the molecule is CNCC(=O)n1c(=O)[nH]c2c(C(=O)CO)cc(Cc3c[nH]c(=O)c(Cl)c3OCc3ccc(F)cc3F)cc21. The second kappa shape index (κ2) is 11.1. The number of likely N-dealkylation sites (N-methyl/N-ethyl adjacent to an activating group) is 1. The van der Waals surface area contributed by atoms with Gasteiger partial charge in [-0.25, -0.2) is 18.1 Å². The lowest BCUT2D eigenvalue weighted by molar-refractivity contribution is 0.0901. The molecule has 4 N–H and O–H groups in total. The number of rotatable bonds is 9. The molecule has 2 aromatic carbocycles. The number of benzene rings is 2. The van der Waals surface area contributed by atoms with E-state index in [1.807, 2.05) is 0 Å². The number of pyridine rings is 1. The van der Waals surface area contributed by atoms with E-state index in [0.29, 0.717) is 17.2 Å². The van der Waals surface area contributed by atoms with E-state index in [2.05, 4.69) is 15.3 Å². The molecule has 0 unspecified atom stereocenters. The molecule has 0 amide bonds. The van der Waals surface area contributed by atoms with E-state index < -0.39 is 41.2 Å². The van der Waals surface area contributed by atoms with Crippen LogP contribution in [0.2, 0.25) is 5.02 Å². The first-order valence-electron chi connectivity index (χ1n) is 11.2. The number of ketones is 1. The molecule has 0 spiro atoms. The largest absolute Gasteiger partial charge is 0.487 e. The van der Waals surface area contributed by atoms with Crippen LogP contribution in [0.3, 0.4) is 0 Å². The first kappa shape index (κ1) is 26.9. The van der Waals surface area contributed by atoms with Crippen LogP contribution in [0.4, 0.5) is 8.78 Å². The Morgan fingerprint density at radius 3 is 2.61 bits per heavy atom. The fourth-order valence-corrected chi connectivity index (χ4v) is 4.20. The average molecular weight is 547 g/mol. The number of hydrogen-bond acceptors (Lipinski definition) is 7. The first-order chi connectivity index (χ1) is 18.1. The normalized spacial score (nSPS) is 11.2. The zero-order chi connectivity index (χ0) is 27.6. The second-order valence-electron chi connectivity index (χ2n) is 8.30. The van der Waals surface area contributed by atoms with Crippen molar-refractivity contribution in [2.45, 2.75) is 13.0 Å². The van der Waals surface area contributed by atoms with E-state index in [1.54, 1.807) is 0 Å². The Kier molecular flexibility index (Phi) is 7.86. The summed E-state index contributed by atoms with van der Waals surface area (Å²) in [5, 5.41) is 11.8. The van der Waals surface area contributed by atoms with Crippen LogP contribution in [0, 0.1) is 11.6 Å². The summed E-state index contributed by atoms with van der Waals surface area (Å²) in [4.78, 5) is 54.7. The van der Waals surface area contributed by atoms with Crippen molar-refractivity contribution in [3.8, 4) is 5.75 Å². The van der Waals surface area contributed by atoms with Gasteiger partial charge in [-0.1, -0.05) is 11.6 Å². The number of aromatic nitrogens is 3. The van der Waals surface area contributed by atoms with Gasteiger partial charge < -0.3 is 25.1 Å². The molecule has 0 atom stereocenters. The minimum Gasteiger partial charge on any atom is -0.487 e. The molecular formula is C25H21ClF2N4O6. The van der Waals surface area contributed by atoms with Gasteiger partial charge in [-0.15, -0.1) is 0 Å². The predicted molar refractivity (Wildman–Crippen MR) is 134 cm³/mol. The van der Waals surface area contributed by atoms with E-state index >= 15 is 0 Å². The van der Waals surface area contributed by atoms with Crippen molar-refractivity contribution < 1.29 is 28.2 Å². The molecule has 0 aliphatic carbocycles. The molecule has 0 radical (unpaired) electrons. The summed E-state index contributed by atoms with van der Waals surface area (Å²) in [6.45, 7) is -1.38. The van der Waals surface area contributed by atoms with E-state index in [4.69, 9.17) is 16.3 Å². The topological polar surface area (TPSA) is 146 Å². The van der Waals surface area contributed by atoms with Gasteiger partial charge in [0.2, 0.25) is 5.91 Å². The molecule has 4 rings (SSSR count). The van der Waals surface area contributed by atoms with Crippen LogP contribution in [0.15, 0.2) is 46.1 Å². The third-order valence-corrected chi connectivity index (χ3v) is 6.07. The van der Waals surface area contributed by atoms with E-state index in [-0.39, 0.29) is 52.5 Å². The fraction of sp³-hybridized carbons (Fsp3) is 0.200. The number of H-pyrrole nitrogens is 2. The molecule has 0 bridgehead atoms. The van der Waals surface area contributed by atoms with Crippen molar-refractivity contribution in [3.63, 3.8) is 0 Å². The van der Waals surface area contributed by atoms with Gasteiger partial charge >= 0.3 is 5.69 Å². The standard InChI is InChI=1S/C25H21ClF2N4O6/c1-29-9-20(35)32-18-6-12(5-16(19(34)10-33)22(18)31-25(32)37)4-14-8-30-24(36)21(26)23(14)38-11-13-2-3-15(27)7-17(13)28/h2-3,5-8,29,33H,4,9-11H2,1H3,(H,30,36)(H,31,37). The van der Waals surface area contributed by atoms with Crippen molar-refractivity contribution in [1.29, 1.82) is 0 Å². The van der Waals surface area contributed by atoms with Crippen LogP contribution in [0.5, 0.6) is 5.75 Å². The number of carbonyl (C=O) groups is 2. The quantitative estimate of drug-likeness (QED) is 0.235. The third kappa shape index (κ3) is 5.28. The third-order valence-electron chi connectivity index (χ3n) is 5.72. The summed E-state index contributed by atoms with van der Waals surface area (Å²) in [7, 11) is 1.53. The van der Waals surface area contributed by atoms with Crippen molar-refractivity contribution >= 4 is 34.3 Å². The highest BCUT2D eigenvalue weighted by Gasteiger charge is 2.21. The Hall–Kier alpha value is -4.13. The molecular weight excluding hydrogens is 526 g/mol. The summed E-state index contributed by atoms with van der Waals surface area (Å²) in [5.41, 5.74) is -0.536. The van der Waals surface area contributed by atoms with Crippen LogP contribution in [0.1, 0.15) is 31.8 Å². The number of halogens is 3. The first-order valence-corrected chi connectivity index (χ1v) is 11.6. The molecule has 2 aromatic heterocycles. The smallest absolute Gasteiger partial charge is 0.333 e. The van der Waals surface area contributed by atoms with Gasteiger partial charge in [-0.3, -0.25) is 14.4 Å². The van der Waals surface area contributed by atoms with E-state index in [0.717, 1.165) is 10.6 Å². The lowest BCUT2D eigenvalue weighted by Crippen LogP contribution is -2.31. The Balaban J connectivity index is 1.79. The number of fused-ring (bicyclic) bond motifs is 1. The highest BCUT2D eigenvalue weighted by atomic mass is 35.5. The van der Waals surface area contributed by atoms with Crippen molar-refractivity contribution in [2.24, 2.45) is 0 Å². The second-order valence-corrected chi connectivity index (χ2v) is 8.67. The monoisotopic (exact) mass is 546 g/mol. The minimum atomic E-state index is -0.849. The average Bonchev–Trinajstić information content (AvgIpc) is 3.21. The Labute approximate surface area is 217 Å². The summed E-state index contributed by atoms with van der Waals surface area (Å²) >= 11 is 6.19. The van der Waals surface area contributed by atoms with Gasteiger partial charge in [0.15, 0.2) is 5.78 Å². The van der Waals surface area contributed by atoms with Crippen molar-refractivity contribution in [1.82, 2.24) is 19.9 Å². The lowest BCUT2D eigenvalue weighted by Gasteiger charge is -2.14. The minimum absolute atomic E-state index is 0.0149.